The molecular weight excluding hydrogens is 366 g/mol. The van der Waals surface area contributed by atoms with E-state index < -0.39 is 0 Å². The van der Waals surface area contributed by atoms with E-state index in [0.29, 0.717) is 6.04 Å². The Morgan fingerprint density at radius 2 is 2.23 bits per heavy atom. The summed E-state index contributed by atoms with van der Waals surface area (Å²) < 4.78 is 10.6. The number of fused-ring (bicyclic) bond motifs is 3. The lowest BCUT2D eigenvalue weighted by molar-refractivity contribution is 0.0954. The maximum absolute atomic E-state index is 12.8. The third-order valence-corrected chi connectivity index (χ3v) is 6.74. The molecule has 1 N–H and O–H groups in total. The third-order valence-electron chi connectivity index (χ3n) is 4.77. The summed E-state index contributed by atoms with van der Waals surface area (Å²) in [6, 6.07) is 4.11. The second-order valence-corrected chi connectivity index (χ2v) is 8.47. The molecule has 0 aromatic carbocycles. The van der Waals surface area contributed by atoms with Crippen molar-refractivity contribution in [1.29, 1.82) is 0 Å². The molecule has 7 heteroatoms. The summed E-state index contributed by atoms with van der Waals surface area (Å²) in [6.45, 7) is 1.92. The van der Waals surface area contributed by atoms with Crippen molar-refractivity contribution in [2.75, 3.05) is 0 Å². The molecular formula is C19H17N3O2S2. The zero-order chi connectivity index (χ0) is 17.7. The van der Waals surface area contributed by atoms with E-state index >= 15 is 0 Å². The zero-order valence-electron chi connectivity index (χ0n) is 14.2. The predicted molar refractivity (Wildman–Crippen MR) is 102 cm³/mol. The Morgan fingerprint density at radius 1 is 1.35 bits per heavy atom. The number of nitrogens with one attached hydrogen (secondary N) is 1. The first-order chi connectivity index (χ1) is 12.7. The van der Waals surface area contributed by atoms with Gasteiger partial charge in [-0.15, -0.1) is 0 Å². The van der Waals surface area contributed by atoms with Crippen molar-refractivity contribution in [3.8, 4) is 21.3 Å². The Bertz CT molecular complexity index is 1000. The van der Waals surface area contributed by atoms with E-state index in [1.807, 2.05) is 25.3 Å². The average molecular weight is 383 g/mol. The number of aromatic nitrogens is 2. The van der Waals surface area contributed by atoms with Gasteiger partial charge in [0, 0.05) is 18.4 Å². The number of nitrogens with zero attached hydrogens (tertiary/aromatic N) is 2. The van der Waals surface area contributed by atoms with Gasteiger partial charge in [0.2, 0.25) is 0 Å². The molecule has 0 bridgehead atoms. The summed E-state index contributed by atoms with van der Waals surface area (Å²) in [5.74, 6) is 0.752. The molecule has 0 radical (unpaired) electrons. The second kappa shape index (κ2) is 6.17. The number of rotatable bonds is 4. The van der Waals surface area contributed by atoms with E-state index in [1.165, 1.54) is 28.4 Å². The lowest BCUT2D eigenvalue weighted by Gasteiger charge is -2.14. The fourth-order valence-electron chi connectivity index (χ4n) is 3.23. The van der Waals surface area contributed by atoms with Gasteiger partial charge in [-0.2, -0.15) is 0 Å². The SMILES string of the molecule is Cc1ncccc1Oc1sc(C(=O)NC2CC2)c2c1-c1sncc1CC2. The van der Waals surface area contributed by atoms with Crippen molar-refractivity contribution in [2.24, 2.45) is 0 Å². The number of amides is 1. The summed E-state index contributed by atoms with van der Waals surface area (Å²) >= 11 is 2.92. The Kier molecular flexibility index (Phi) is 3.79. The quantitative estimate of drug-likeness (QED) is 0.727. The Labute approximate surface area is 159 Å². The van der Waals surface area contributed by atoms with E-state index in [0.717, 1.165) is 63.1 Å². The van der Waals surface area contributed by atoms with Crippen molar-refractivity contribution in [2.45, 2.75) is 38.6 Å². The maximum Gasteiger partial charge on any atom is 0.262 e. The van der Waals surface area contributed by atoms with Crippen LogP contribution in [-0.4, -0.2) is 21.3 Å². The molecule has 3 aromatic heterocycles. The minimum absolute atomic E-state index is 0.0273. The van der Waals surface area contributed by atoms with Gasteiger partial charge in [-0.05, 0) is 67.4 Å². The van der Waals surface area contributed by atoms with Gasteiger partial charge in [0.15, 0.2) is 5.06 Å². The van der Waals surface area contributed by atoms with Crippen molar-refractivity contribution in [3.05, 3.63) is 46.2 Å². The lowest BCUT2D eigenvalue weighted by Crippen LogP contribution is -2.25. The van der Waals surface area contributed by atoms with Crippen LogP contribution in [0.4, 0.5) is 0 Å². The highest BCUT2D eigenvalue weighted by Gasteiger charge is 2.32. The van der Waals surface area contributed by atoms with Crippen molar-refractivity contribution in [3.63, 3.8) is 0 Å². The number of ether oxygens (including phenoxy) is 1. The monoisotopic (exact) mass is 383 g/mol. The summed E-state index contributed by atoms with van der Waals surface area (Å²) in [5.41, 5.74) is 4.21. The molecule has 0 unspecified atom stereocenters. The van der Waals surface area contributed by atoms with Crippen molar-refractivity contribution in [1.82, 2.24) is 14.7 Å². The molecule has 26 heavy (non-hydrogen) atoms. The van der Waals surface area contributed by atoms with Crippen LogP contribution in [-0.2, 0) is 12.8 Å². The molecule has 3 aromatic rings. The second-order valence-electron chi connectivity index (χ2n) is 6.69. The van der Waals surface area contributed by atoms with Crippen LogP contribution in [0, 0.1) is 6.92 Å². The number of carbonyl (C=O) groups excluding carboxylic acids is 1. The number of hydrogen-bond donors (Lipinski definition) is 1. The van der Waals surface area contributed by atoms with Gasteiger partial charge in [-0.1, -0.05) is 11.3 Å². The van der Waals surface area contributed by atoms with E-state index in [9.17, 15) is 4.79 Å². The van der Waals surface area contributed by atoms with Gasteiger partial charge < -0.3 is 10.1 Å². The largest absolute Gasteiger partial charge is 0.444 e. The number of pyridine rings is 1. The molecule has 5 rings (SSSR count). The van der Waals surface area contributed by atoms with Crippen LogP contribution in [0.25, 0.3) is 10.4 Å². The maximum atomic E-state index is 12.8. The van der Waals surface area contributed by atoms with E-state index in [2.05, 4.69) is 14.7 Å². The van der Waals surface area contributed by atoms with Gasteiger partial charge in [-0.25, -0.2) is 4.37 Å². The minimum atomic E-state index is 0.0273. The molecule has 0 spiro atoms. The molecule has 0 atom stereocenters. The van der Waals surface area contributed by atoms with Crippen LogP contribution in [0.3, 0.4) is 0 Å². The standard InChI is InChI=1S/C19H17N3O2S2/c1-10-14(3-2-8-20-10)24-19-15-13(7-4-11-9-21-26-16(11)15)17(25-19)18(23)22-12-5-6-12/h2-3,8-9,12H,4-7H2,1H3,(H,22,23). The Hall–Kier alpha value is -2.25. The lowest BCUT2D eigenvalue weighted by atomic mass is 9.93. The first-order valence-corrected chi connectivity index (χ1v) is 10.3. The topological polar surface area (TPSA) is 64.1 Å². The summed E-state index contributed by atoms with van der Waals surface area (Å²) in [5, 5.41) is 3.88. The first-order valence-electron chi connectivity index (χ1n) is 8.70. The van der Waals surface area contributed by atoms with Gasteiger partial charge in [0.05, 0.1) is 21.0 Å². The van der Waals surface area contributed by atoms with Gasteiger partial charge in [0.25, 0.3) is 5.91 Å². The Morgan fingerprint density at radius 3 is 3.04 bits per heavy atom. The molecule has 5 nitrogen and oxygen atoms in total. The predicted octanol–water partition coefficient (Wildman–Crippen LogP) is 4.36. The van der Waals surface area contributed by atoms with Gasteiger partial charge >= 0.3 is 0 Å². The summed E-state index contributed by atoms with van der Waals surface area (Å²) in [4.78, 5) is 19.0. The number of hydrogen-bond acceptors (Lipinski definition) is 6. The number of thiophene rings is 1. The van der Waals surface area contributed by atoms with Gasteiger partial charge in [-0.3, -0.25) is 9.78 Å². The van der Waals surface area contributed by atoms with E-state index in [1.54, 1.807) is 6.20 Å². The highest BCUT2D eigenvalue weighted by molar-refractivity contribution is 7.17. The first kappa shape index (κ1) is 16.0. The molecule has 3 heterocycles. The van der Waals surface area contributed by atoms with Crippen LogP contribution < -0.4 is 10.1 Å². The molecule has 2 aliphatic rings. The summed E-state index contributed by atoms with van der Waals surface area (Å²) in [7, 11) is 0. The van der Waals surface area contributed by atoms with E-state index in [-0.39, 0.29) is 5.91 Å². The Balaban J connectivity index is 1.61. The molecule has 2 aliphatic carbocycles. The average Bonchev–Trinajstić information content (AvgIpc) is 3.18. The van der Waals surface area contributed by atoms with Crippen LogP contribution in [0.1, 0.15) is 39.3 Å². The van der Waals surface area contributed by atoms with Gasteiger partial charge in [0.1, 0.15) is 5.75 Å². The highest BCUT2D eigenvalue weighted by atomic mass is 32.1. The fourth-order valence-corrected chi connectivity index (χ4v) is 5.28. The van der Waals surface area contributed by atoms with Crippen LogP contribution >= 0.6 is 22.9 Å². The fraction of sp³-hybridized carbons (Fsp3) is 0.316. The molecule has 1 saturated carbocycles. The van der Waals surface area contributed by atoms with Crippen LogP contribution in [0.2, 0.25) is 0 Å². The van der Waals surface area contributed by atoms with Crippen molar-refractivity contribution >= 4 is 28.8 Å². The number of carbonyl (C=O) groups is 1. The smallest absolute Gasteiger partial charge is 0.262 e. The van der Waals surface area contributed by atoms with Crippen LogP contribution in [0.5, 0.6) is 10.8 Å². The highest BCUT2D eigenvalue weighted by Crippen LogP contribution is 2.50. The molecule has 0 saturated heterocycles. The zero-order valence-corrected chi connectivity index (χ0v) is 15.9. The third kappa shape index (κ3) is 2.71. The summed E-state index contributed by atoms with van der Waals surface area (Å²) in [6.07, 6.45) is 7.61. The molecule has 132 valence electrons. The minimum Gasteiger partial charge on any atom is -0.444 e. The van der Waals surface area contributed by atoms with E-state index in [4.69, 9.17) is 4.74 Å². The van der Waals surface area contributed by atoms with Crippen LogP contribution in [0.15, 0.2) is 24.5 Å². The van der Waals surface area contributed by atoms with Crippen molar-refractivity contribution < 1.29 is 9.53 Å². The molecule has 0 aliphatic heterocycles. The normalized spacial score (nSPS) is 15.3. The molecule has 1 fully saturated rings. The number of aryl methyl sites for hydroxylation is 2. The molecule has 1 amide bonds.